The summed E-state index contributed by atoms with van der Waals surface area (Å²) in [6.07, 6.45) is 5.08. The van der Waals surface area contributed by atoms with Crippen molar-refractivity contribution in [3.05, 3.63) is 53.4 Å². The summed E-state index contributed by atoms with van der Waals surface area (Å²) >= 11 is 5.94. The van der Waals surface area contributed by atoms with Crippen molar-refractivity contribution in [2.45, 2.75) is 0 Å². The average molecular weight is 303 g/mol. The predicted molar refractivity (Wildman–Crippen MR) is 81.6 cm³/mol. The van der Waals surface area contributed by atoms with E-state index >= 15 is 0 Å². The SMILES string of the molecule is O=C(c1cccc(Cl)c1)N1CCN(c2cnccn2)CC1. The van der Waals surface area contributed by atoms with E-state index in [9.17, 15) is 4.79 Å². The van der Waals surface area contributed by atoms with Crippen LogP contribution < -0.4 is 4.90 Å². The number of nitrogens with zero attached hydrogens (tertiary/aromatic N) is 4. The van der Waals surface area contributed by atoms with Gasteiger partial charge in [0.1, 0.15) is 5.82 Å². The second-order valence-corrected chi connectivity index (χ2v) is 5.29. The van der Waals surface area contributed by atoms with Gasteiger partial charge < -0.3 is 9.80 Å². The quantitative estimate of drug-likeness (QED) is 0.852. The molecule has 21 heavy (non-hydrogen) atoms. The summed E-state index contributed by atoms with van der Waals surface area (Å²) in [6.45, 7) is 2.85. The minimum Gasteiger partial charge on any atom is -0.352 e. The van der Waals surface area contributed by atoms with Crippen LogP contribution in [0.25, 0.3) is 0 Å². The zero-order valence-corrected chi connectivity index (χ0v) is 12.2. The van der Waals surface area contributed by atoms with Gasteiger partial charge in [0, 0.05) is 49.2 Å². The number of anilines is 1. The Balaban J connectivity index is 1.64. The van der Waals surface area contributed by atoms with Crippen molar-refractivity contribution in [2.75, 3.05) is 31.1 Å². The lowest BCUT2D eigenvalue weighted by Gasteiger charge is -2.35. The van der Waals surface area contributed by atoms with Gasteiger partial charge in [0.05, 0.1) is 6.20 Å². The highest BCUT2D eigenvalue weighted by atomic mass is 35.5. The van der Waals surface area contributed by atoms with Crippen LogP contribution in [0.2, 0.25) is 5.02 Å². The van der Waals surface area contributed by atoms with Crippen LogP contribution >= 0.6 is 11.6 Å². The summed E-state index contributed by atoms with van der Waals surface area (Å²) in [6, 6.07) is 7.07. The summed E-state index contributed by atoms with van der Waals surface area (Å²) in [5.74, 6) is 0.878. The first-order chi connectivity index (χ1) is 10.2. The van der Waals surface area contributed by atoms with E-state index in [2.05, 4.69) is 14.9 Å². The van der Waals surface area contributed by atoms with E-state index < -0.39 is 0 Å². The zero-order valence-electron chi connectivity index (χ0n) is 11.4. The van der Waals surface area contributed by atoms with E-state index in [1.807, 2.05) is 4.90 Å². The van der Waals surface area contributed by atoms with Crippen LogP contribution in [0.3, 0.4) is 0 Å². The van der Waals surface area contributed by atoms with Crippen LogP contribution in [0, 0.1) is 0 Å². The number of aromatic nitrogens is 2. The molecule has 3 rings (SSSR count). The Hall–Kier alpha value is -2.14. The Morgan fingerprint density at radius 1 is 1.14 bits per heavy atom. The van der Waals surface area contributed by atoms with E-state index in [1.54, 1.807) is 42.9 Å². The van der Waals surface area contributed by atoms with Gasteiger partial charge >= 0.3 is 0 Å². The van der Waals surface area contributed by atoms with Crippen molar-refractivity contribution in [1.82, 2.24) is 14.9 Å². The lowest BCUT2D eigenvalue weighted by molar-refractivity contribution is 0.0746. The van der Waals surface area contributed by atoms with Crippen LogP contribution in [-0.4, -0.2) is 47.0 Å². The molecule has 0 unspecified atom stereocenters. The normalized spacial score (nSPS) is 15.1. The lowest BCUT2D eigenvalue weighted by Crippen LogP contribution is -2.49. The molecule has 0 bridgehead atoms. The van der Waals surface area contributed by atoms with Crippen LogP contribution in [-0.2, 0) is 0 Å². The van der Waals surface area contributed by atoms with Gasteiger partial charge in [0.2, 0.25) is 0 Å². The minimum absolute atomic E-state index is 0.0243. The zero-order chi connectivity index (χ0) is 14.7. The number of carbonyl (C=O) groups is 1. The molecule has 108 valence electrons. The monoisotopic (exact) mass is 302 g/mol. The van der Waals surface area contributed by atoms with Gasteiger partial charge in [-0.25, -0.2) is 4.98 Å². The summed E-state index contributed by atoms with van der Waals surface area (Å²) in [7, 11) is 0. The average Bonchev–Trinajstić information content (AvgIpc) is 2.55. The van der Waals surface area contributed by atoms with Gasteiger partial charge in [-0.2, -0.15) is 0 Å². The molecule has 0 saturated carbocycles. The van der Waals surface area contributed by atoms with Crippen molar-refractivity contribution >= 4 is 23.3 Å². The smallest absolute Gasteiger partial charge is 0.254 e. The molecule has 1 aromatic carbocycles. The molecule has 1 aliphatic rings. The Bertz CT molecular complexity index is 627. The third-order valence-electron chi connectivity index (χ3n) is 3.51. The van der Waals surface area contributed by atoms with Crippen molar-refractivity contribution in [3.8, 4) is 0 Å². The Kier molecular flexibility index (Phi) is 4.01. The van der Waals surface area contributed by atoms with E-state index in [4.69, 9.17) is 11.6 Å². The molecule has 2 aromatic rings. The summed E-state index contributed by atoms with van der Waals surface area (Å²) in [4.78, 5) is 24.8. The molecule has 1 fully saturated rings. The molecular weight excluding hydrogens is 288 g/mol. The number of halogens is 1. The Morgan fingerprint density at radius 3 is 2.62 bits per heavy atom. The third kappa shape index (κ3) is 3.13. The fourth-order valence-electron chi connectivity index (χ4n) is 2.40. The summed E-state index contributed by atoms with van der Waals surface area (Å²) in [5, 5.41) is 0.582. The lowest BCUT2D eigenvalue weighted by atomic mass is 10.2. The first-order valence-electron chi connectivity index (χ1n) is 6.80. The molecule has 1 aliphatic heterocycles. The van der Waals surface area contributed by atoms with E-state index in [0.29, 0.717) is 23.7 Å². The number of rotatable bonds is 2. The summed E-state index contributed by atoms with van der Waals surface area (Å²) in [5.41, 5.74) is 0.635. The number of hydrogen-bond donors (Lipinski definition) is 0. The first-order valence-corrected chi connectivity index (χ1v) is 7.17. The molecule has 1 amide bonds. The molecule has 6 heteroatoms. The van der Waals surface area contributed by atoms with Crippen molar-refractivity contribution in [1.29, 1.82) is 0 Å². The fourth-order valence-corrected chi connectivity index (χ4v) is 2.59. The molecule has 0 atom stereocenters. The largest absolute Gasteiger partial charge is 0.352 e. The maximum absolute atomic E-state index is 12.4. The van der Waals surface area contributed by atoms with E-state index in [-0.39, 0.29) is 5.91 Å². The molecule has 0 radical (unpaired) electrons. The molecule has 0 aliphatic carbocycles. The van der Waals surface area contributed by atoms with Gasteiger partial charge in [-0.1, -0.05) is 17.7 Å². The van der Waals surface area contributed by atoms with Crippen LogP contribution in [0.5, 0.6) is 0 Å². The third-order valence-corrected chi connectivity index (χ3v) is 3.75. The topological polar surface area (TPSA) is 49.3 Å². The highest BCUT2D eigenvalue weighted by Crippen LogP contribution is 2.16. The molecule has 0 spiro atoms. The van der Waals surface area contributed by atoms with Gasteiger partial charge in [-0.3, -0.25) is 9.78 Å². The van der Waals surface area contributed by atoms with Gasteiger partial charge in [-0.05, 0) is 18.2 Å². The van der Waals surface area contributed by atoms with E-state index in [0.717, 1.165) is 18.9 Å². The van der Waals surface area contributed by atoms with Crippen LogP contribution in [0.4, 0.5) is 5.82 Å². The maximum atomic E-state index is 12.4. The molecular formula is C15H15ClN4O. The Morgan fingerprint density at radius 2 is 1.95 bits per heavy atom. The van der Waals surface area contributed by atoms with Gasteiger partial charge in [0.25, 0.3) is 5.91 Å². The molecule has 0 N–H and O–H groups in total. The number of amides is 1. The maximum Gasteiger partial charge on any atom is 0.254 e. The van der Waals surface area contributed by atoms with E-state index in [1.165, 1.54) is 0 Å². The molecule has 1 saturated heterocycles. The molecule has 1 aromatic heterocycles. The highest BCUT2D eigenvalue weighted by molar-refractivity contribution is 6.30. The number of hydrogen-bond acceptors (Lipinski definition) is 4. The van der Waals surface area contributed by atoms with Crippen molar-refractivity contribution in [3.63, 3.8) is 0 Å². The summed E-state index contributed by atoms with van der Waals surface area (Å²) < 4.78 is 0. The highest BCUT2D eigenvalue weighted by Gasteiger charge is 2.22. The molecule has 2 heterocycles. The standard InChI is InChI=1S/C15H15ClN4O/c16-13-3-1-2-12(10-13)15(21)20-8-6-19(7-9-20)14-11-17-4-5-18-14/h1-5,10-11H,6-9H2. The fraction of sp³-hybridized carbons (Fsp3) is 0.267. The van der Waals surface area contributed by atoms with Crippen LogP contribution in [0.1, 0.15) is 10.4 Å². The van der Waals surface area contributed by atoms with Gasteiger partial charge in [0.15, 0.2) is 0 Å². The molecule has 5 nitrogen and oxygen atoms in total. The first kappa shape index (κ1) is 13.8. The van der Waals surface area contributed by atoms with Gasteiger partial charge in [-0.15, -0.1) is 0 Å². The number of piperazine rings is 1. The second-order valence-electron chi connectivity index (χ2n) is 4.85. The second kappa shape index (κ2) is 6.10. The number of benzene rings is 1. The van der Waals surface area contributed by atoms with Crippen molar-refractivity contribution < 1.29 is 4.79 Å². The Labute approximate surface area is 128 Å². The van der Waals surface area contributed by atoms with Crippen LogP contribution in [0.15, 0.2) is 42.9 Å². The number of carbonyl (C=O) groups excluding carboxylic acids is 1. The predicted octanol–water partition coefficient (Wildman–Crippen LogP) is 2.09. The minimum atomic E-state index is 0.0243. The van der Waals surface area contributed by atoms with Crippen molar-refractivity contribution in [2.24, 2.45) is 0 Å².